The van der Waals surface area contributed by atoms with Gasteiger partial charge in [-0.25, -0.2) is 0 Å². The number of hydrogen-bond donors (Lipinski definition) is 2. The zero-order valence-electron chi connectivity index (χ0n) is 9.82. The first-order valence-electron chi connectivity index (χ1n) is 5.40. The second kappa shape index (κ2) is 9.89. The topological polar surface area (TPSA) is 36.4 Å². The lowest BCUT2D eigenvalue weighted by Crippen LogP contribution is -2.37. The summed E-state index contributed by atoms with van der Waals surface area (Å²) in [6.45, 7) is 6.80. The van der Waals surface area contributed by atoms with Crippen molar-refractivity contribution < 1.29 is 0 Å². The van der Waals surface area contributed by atoms with Crippen LogP contribution in [-0.4, -0.2) is 25.6 Å². The molecule has 0 atom stereocenters. The Hall–Kier alpha value is -0.300. The molecule has 1 rings (SSSR count). The van der Waals surface area contributed by atoms with Crippen molar-refractivity contribution in [1.82, 2.24) is 10.6 Å². The number of aliphatic imine (C=N–C) groups is 1. The Bertz CT molecular complexity index is 277. The average Bonchev–Trinajstić information content (AvgIpc) is 2.71. The molecular formula is C11H20IN3S. The number of thiophene rings is 1. The van der Waals surface area contributed by atoms with Crippen molar-refractivity contribution in [1.29, 1.82) is 0 Å². The van der Waals surface area contributed by atoms with Crippen molar-refractivity contribution in [3.63, 3.8) is 0 Å². The molecule has 0 aliphatic rings. The fourth-order valence-corrected chi connectivity index (χ4v) is 1.94. The molecule has 0 spiro atoms. The Morgan fingerprint density at radius 3 is 2.50 bits per heavy atom. The van der Waals surface area contributed by atoms with Crippen molar-refractivity contribution in [3.05, 3.63) is 22.4 Å². The van der Waals surface area contributed by atoms with Gasteiger partial charge in [0.25, 0.3) is 0 Å². The Morgan fingerprint density at radius 2 is 2.00 bits per heavy atom. The summed E-state index contributed by atoms with van der Waals surface area (Å²) in [7, 11) is 0. The number of halogens is 1. The largest absolute Gasteiger partial charge is 0.357 e. The van der Waals surface area contributed by atoms with Crippen molar-refractivity contribution in [2.75, 3.05) is 19.6 Å². The van der Waals surface area contributed by atoms with Crippen molar-refractivity contribution in [2.24, 2.45) is 4.99 Å². The summed E-state index contributed by atoms with van der Waals surface area (Å²) in [5.41, 5.74) is 1.37. The molecule has 92 valence electrons. The maximum Gasteiger partial charge on any atom is 0.191 e. The van der Waals surface area contributed by atoms with Crippen molar-refractivity contribution >= 4 is 41.3 Å². The molecule has 3 nitrogen and oxygen atoms in total. The fraction of sp³-hybridized carbons (Fsp3) is 0.545. The number of guanidine groups is 1. The summed E-state index contributed by atoms with van der Waals surface area (Å²) in [6, 6.07) is 2.15. The minimum absolute atomic E-state index is 0. The fourth-order valence-electron chi connectivity index (χ4n) is 1.24. The standard InChI is InChI=1S/C11H19N3S.HI/c1-3-12-11(13-4-2)14-7-5-10-6-8-15-9-10;/h6,8-9H,3-5,7H2,1-2H3,(H2,12,13,14);1H. The smallest absolute Gasteiger partial charge is 0.191 e. The Labute approximate surface area is 119 Å². The molecule has 1 aromatic heterocycles. The van der Waals surface area contributed by atoms with Gasteiger partial charge >= 0.3 is 0 Å². The van der Waals surface area contributed by atoms with Gasteiger partial charge in [0.1, 0.15) is 0 Å². The maximum absolute atomic E-state index is 4.48. The Kier molecular flexibility index (Phi) is 9.71. The zero-order valence-corrected chi connectivity index (χ0v) is 13.0. The predicted octanol–water partition coefficient (Wildman–Crippen LogP) is 2.48. The Balaban J connectivity index is 0.00000225. The molecule has 0 bridgehead atoms. The van der Waals surface area contributed by atoms with E-state index in [2.05, 4.69) is 46.3 Å². The van der Waals surface area contributed by atoms with Gasteiger partial charge in [-0.2, -0.15) is 11.3 Å². The van der Waals surface area contributed by atoms with Crippen LogP contribution in [0, 0.1) is 0 Å². The molecule has 0 saturated carbocycles. The van der Waals surface area contributed by atoms with Gasteiger partial charge in [-0.1, -0.05) is 0 Å². The Morgan fingerprint density at radius 1 is 1.31 bits per heavy atom. The van der Waals surface area contributed by atoms with E-state index >= 15 is 0 Å². The molecule has 0 unspecified atom stereocenters. The van der Waals surface area contributed by atoms with E-state index in [-0.39, 0.29) is 24.0 Å². The van der Waals surface area contributed by atoms with Gasteiger partial charge in [-0.3, -0.25) is 4.99 Å². The van der Waals surface area contributed by atoms with E-state index in [1.54, 1.807) is 11.3 Å². The van der Waals surface area contributed by atoms with Crippen molar-refractivity contribution in [2.45, 2.75) is 20.3 Å². The lowest BCUT2D eigenvalue weighted by molar-refractivity contribution is 0.833. The summed E-state index contributed by atoms with van der Waals surface area (Å²) in [5.74, 6) is 0.912. The molecule has 0 aliphatic carbocycles. The van der Waals surface area contributed by atoms with E-state index in [9.17, 15) is 0 Å². The first kappa shape index (κ1) is 15.7. The van der Waals surface area contributed by atoms with E-state index in [0.717, 1.165) is 32.0 Å². The SMILES string of the molecule is CCNC(=NCCc1ccsc1)NCC.I. The van der Waals surface area contributed by atoms with E-state index < -0.39 is 0 Å². The van der Waals surface area contributed by atoms with E-state index in [1.807, 2.05) is 0 Å². The highest BCUT2D eigenvalue weighted by atomic mass is 127. The van der Waals surface area contributed by atoms with Gasteiger partial charge in [0, 0.05) is 19.6 Å². The second-order valence-electron chi connectivity index (χ2n) is 3.17. The average molecular weight is 353 g/mol. The summed E-state index contributed by atoms with van der Waals surface area (Å²) < 4.78 is 0. The quantitative estimate of drug-likeness (QED) is 0.485. The molecule has 1 aromatic rings. The highest BCUT2D eigenvalue weighted by molar-refractivity contribution is 14.0. The summed E-state index contributed by atoms with van der Waals surface area (Å²) in [5, 5.41) is 10.7. The number of rotatable bonds is 5. The second-order valence-corrected chi connectivity index (χ2v) is 3.95. The molecule has 0 aromatic carbocycles. The van der Waals surface area contributed by atoms with Crippen LogP contribution in [0.5, 0.6) is 0 Å². The molecular weight excluding hydrogens is 333 g/mol. The van der Waals surface area contributed by atoms with Crippen LogP contribution >= 0.6 is 35.3 Å². The van der Waals surface area contributed by atoms with Crippen LogP contribution in [0.1, 0.15) is 19.4 Å². The van der Waals surface area contributed by atoms with Gasteiger partial charge in [0.2, 0.25) is 0 Å². The van der Waals surface area contributed by atoms with Gasteiger partial charge in [0.15, 0.2) is 5.96 Å². The summed E-state index contributed by atoms with van der Waals surface area (Å²) >= 11 is 1.74. The van der Waals surface area contributed by atoms with Crippen LogP contribution in [-0.2, 0) is 6.42 Å². The molecule has 16 heavy (non-hydrogen) atoms. The minimum Gasteiger partial charge on any atom is -0.357 e. The third kappa shape index (κ3) is 6.32. The minimum atomic E-state index is 0. The van der Waals surface area contributed by atoms with Gasteiger partial charge < -0.3 is 10.6 Å². The maximum atomic E-state index is 4.48. The first-order valence-corrected chi connectivity index (χ1v) is 6.34. The lowest BCUT2D eigenvalue weighted by Gasteiger charge is -2.08. The monoisotopic (exact) mass is 353 g/mol. The zero-order chi connectivity index (χ0) is 10.9. The highest BCUT2D eigenvalue weighted by Gasteiger charge is 1.95. The first-order chi connectivity index (χ1) is 7.36. The van der Waals surface area contributed by atoms with Gasteiger partial charge in [-0.05, 0) is 42.7 Å². The molecule has 0 radical (unpaired) electrons. The third-order valence-corrected chi connectivity index (χ3v) is 2.67. The molecule has 0 fully saturated rings. The number of nitrogens with zero attached hydrogens (tertiary/aromatic N) is 1. The van der Waals surface area contributed by atoms with Crippen molar-refractivity contribution in [3.8, 4) is 0 Å². The molecule has 0 aliphatic heterocycles. The normalized spacial score (nSPS) is 9.12. The van der Waals surface area contributed by atoms with Gasteiger partial charge in [0.05, 0.1) is 0 Å². The van der Waals surface area contributed by atoms with Crippen LogP contribution in [0.15, 0.2) is 21.8 Å². The van der Waals surface area contributed by atoms with E-state index in [1.165, 1.54) is 5.56 Å². The predicted molar refractivity (Wildman–Crippen MR) is 83.1 cm³/mol. The van der Waals surface area contributed by atoms with Crippen LogP contribution in [0.2, 0.25) is 0 Å². The number of nitrogens with one attached hydrogen (secondary N) is 2. The van der Waals surface area contributed by atoms with Crippen LogP contribution in [0.3, 0.4) is 0 Å². The number of hydrogen-bond acceptors (Lipinski definition) is 2. The van der Waals surface area contributed by atoms with Crippen LogP contribution in [0.25, 0.3) is 0 Å². The van der Waals surface area contributed by atoms with E-state index in [0.29, 0.717) is 0 Å². The third-order valence-electron chi connectivity index (χ3n) is 1.94. The van der Waals surface area contributed by atoms with Crippen LogP contribution < -0.4 is 10.6 Å². The lowest BCUT2D eigenvalue weighted by atomic mass is 10.2. The van der Waals surface area contributed by atoms with Crippen LogP contribution in [0.4, 0.5) is 0 Å². The molecule has 2 N–H and O–H groups in total. The van der Waals surface area contributed by atoms with E-state index in [4.69, 9.17) is 0 Å². The van der Waals surface area contributed by atoms with Gasteiger partial charge in [-0.15, -0.1) is 24.0 Å². The molecule has 0 amide bonds. The summed E-state index contributed by atoms with van der Waals surface area (Å²) in [6.07, 6.45) is 1.02. The molecule has 5 heteroatoms. The molecule has 0 saturated heterocycles. The highest BCUT2D eigenvalue weighted by Crippen LogP contribution is 2.06. The summed E-state index contributed by atoms with van der Waals surface area (Å²) in [4.78, 5) is 4.48. The molecule has 1 heterocycles.